The predicted molar refractivity (Wildman–Crippen MR) is 97.4 cm³/mol. The largest absolute Gasteiger partial charge is 0.378 e. The van der Waals surface area contributed by atoms with Gasteiger partial charge >= 0.3 is 0 Å². The fourth-order valence-corrected chi connectivity index (χ4v) is 2.99. The summed E-state index contributed by atoms with van der Waals surface area (Å²) in [5, 5.41) is 6.05. The maximum absolute atomic E-state index is 12.0. The number of rotatable bonds is 6. The van der Waals surface area contributed by atoms with E-state index in [1.54, 1.807) is 32.0 Å². The van der Waals surface area contributed by atoms with Gasteiger partial charge in [0.25, 0.3) is 0 Å². The van der Waals surface area contributed by atoms with Crippen LogP contribution in [0.3, 0.4) is 0 Å². The molecule has 0 radical (unpaired) electrons. The van der Waals surface area contributed by atoms with Crippen LogP contribution in [0.4, 0.5) is 11.4 Å². The van der Waals surface area contributed by atoms with Crippen LogP contribution in [0.5, 0.6) is 0 Å². The third-order valence-electron chi connectivity index (χ3n) is 3.59. The zero-order valence-electron chi connectivity index (χ0n) is 13.8. The number of sulfonamides is 1. The molecule has 1 saturated heterocycles. The first kappa shape index (κ1) is 20.7. The topological polar surface area (TPSA) is 96.5 Å². The number of benzene rings is 1. The highest BCUT2D eigenvalue weighted by Crippen LogP contribution is 2.21. The summed E-state index contributed by atoms with van der Waals surface area (Å²) in [6.45, 7) is 5.33. The number of nitrogens with one attached hydrogen (secondary N) is 3. The van der Waals surface area contributed by atoms with Gasteiger partial charge in [0.05, 0.1) is 24.7 Å². The Morgan fingerprint density at radius 2 is 2.17 bits per heavy atom. The van der Waals surface area contributed by atoms with Crippen molar-refractivity contribution in [2.75, 3.05) is 35.6 Å². The van der Waals surface area contributed by atoms with Crippen molar-refractivity contribution in [3.63, 3.8) is 0 Å². The van der Waals surface area contributed by atoms with Crippen LogP contribution in [0.25, 0.3) is 0 Å². The van der Waals surface area contributed by atoms with Gasteiger partial charge in [0, 0.05) is 24.7 Å². The first-order valence-electron chi connectivity index (χ1n) is 7.62. The van der Waals surface area contributed by atoms with Gasteiger partial charge in [-0.05, 0) is 37.6 Å². The van der Waals surface area contributed by atoms with Crippen LogP contribution >= 0.6 is 12.4 Å². The van der Waals surface area contributed by atoms with Crippen LogP contribution in [0, 0.1) is 6.92 Å². The average Bonchev–Trinajstić information content (AvgIpc) is 2.51. The van der Waals surface area contributed by atoms with Crippen molar-refractivity contribution < 1.29 is 17.9 Å². The van der Waals surface area contributed by atoms with Crippen molar-refractivity contribution >= 4 is 39.7 Å². The number of anilines is 2. The lowest BCUT2D eigenvalue weighted by Gasteiger charge is -2.23. The van der Waals surface area contributed by atoms with E-state index in [1.807, 2.05) is 0 Å². The lowest BCUT2D eigenvalue weighted by molar-refractivity contribution is -0.117. The fourth-order valence-electron chi connectivity index (χ4n) is 2.28. The Morgan fingerprint density at radius 3 is 2.75 bits per heavy atom. The second-order valence-corrected chi connectivity index (χ2v) is 7.52. The monoisotopic (exact) mass is 377 g/mol. The fraction of sp³-hybridized carbons (Fsp3) is 0.533. The van der Waals surface area contributed by atoms with Gasteiger partial charge in [0.1, 0.15) is 0 Å². The minimum Gasteiger partial charge on any atom is -0.378 e. The Bertz CT molecular complexity index is 661. The van der Waals surface area contributed by atoms with Crippen LogP contribution in [-0.2, 0) is 19.6 Å². The summed E-state index contributed by atoms with van der Waals surface area (Å²) in [5.74, 6) is -0.0872. The number of carbonyl (C=O) groups is 1. The number of ether oxygens (including phenoxy) is 1. The first-order chi connectivity index (χ1) is 10.9. The summed E-state index contributed by atoms with van der Waals surface area (Å²) in [6, 6.07) is 5.11. The van der Waals surface area contributed by atoms with Gasteiger partial charge in [-0.3, -0.25) is 9.52 Å². The molecule has 0 spiro atoms. The number of halogens is 1. The maximum Gasteiger partial charge on any atom is 0.232 e. The zero-order valence-corrected chi connectivity index (χ0v) is 15.4. The van der Waals surface area contributed by atoms with Crippen molar-refractivity contribution in [1.82, 2.24) is 5.32 Å². The van der Waals surface area contributed by atoms with Crippen molar-refractivity contribution in [2.24, 2.45) is 0 Å². The smallest absolute Gasteiger partial charge is 0.232 e. The molecule has 24 heavy (non-hydrogen) atoms. The Balaban J connectivity index is 0.00000288. The predicted octanol–water partition coefficient (Wildman–Crippen LogP) is 1.50. The third-order valence-corrected chi connectivity index (χ3v) is 4.88. The zero-order chi connectivity index (χ0) is 16.9. The number of carbonyl (C=O) groups excluding carboxylic acids is 1. The van der Waals surface area contributed by atoms with E-state index in [4.69, 9.17) is 4.74 Å². The van der Waals surface area contributed by atoms with E-state index in [2.05, 4.69) is 15.4 Å². The van der Waals surface area contributed by atoms with Crippen molar-refractivity contribution in [3.05, 3.63) is 23.8 Å². The van der Waals surface area contributed by atoms with Crippen LogP contribution in [0.15, 0.2) is 18.2 Å². The molecule has 1 aliphatic heterocycles. The molecular weight excluding hydrogens is 354 g/mol. The normalized spacial score (nSPS) is 17.7. The summed E-state index contributed by atoms with van der Waals surface area (Å²) >= 11 is 0. The van der Waals surface area contributed by atoms with E-state index in [0.717, 1.165) is 12.1 Å². The number of hydrogen-bond donors (Lipinski definition) is 3. The van der Waals surface area contributed by atoms with Gasteiger partial charge in [0.15, 0.2) is 0 Å². The number of morpholine rings is 1. The molecule has 1 heterocycles. The van der Waals surface area contributed by atoms with Crippen LogP contribution < -0.4 is 15.4 Å². The molecule has 7 nitrogen and oxygen atoms in total. The Kier molecular flexibility index (Phi) is 7.95. The summed E-state index contributed by atoms with van der Waals surface area (Å²) in [5.41, 5.74) is 1.91. The van der Waals surface area contributed by atoms with E-state index in [9.17, 15) is 13.2 Å². The Labute approximate surface area is 149 Å². The van der Waals surface area contributed by atoms with Gasteiger partial charge < -0.3 is 15.4 Å². The van der Waals surface area contributed by atoms with Crippen molar-refractivity contribution in [2.45, 2.75) is 26.3 Å². The molecule has 9 heteroatoms. The van der Waals surface area contributed by atoms with E-state index < -0.39 is 10.0 Å². The van der Waals surface area contributed by atoms with Gasteiger partial charge in [-0.1, -0.05) is 0 Å². The molecule has 1 atom stereocenters. The first-order valence-corrected chi connectivity index (χ1v) is 9.27. The Hall–Kier alpha value is -1.35. The number of aryl methyl sites for hydroxylation is 1. The van der Waals surface area contributed by atoms with Crippen LogP contribution in [-0.4, -0.2) is 45.9 Å². The van der Waals surface area contributed by atoms with E-state index in [0.29, 0.717) is 31.0 Å². The molecule has 1 unspecified atom stereocenters. The standard InChI is InChI=1S/C15H23N3O4S.ClH/c1-3-23(20,21)18-14-5-4-12(8-11(14)2)17-15(19)9-13-10-22-7-6-16-13;/h4-5,8,13,16,18H,3,6-7,9-10H2,1-2H3,(H,17,19);1H. The quantitative estimate of drug-likeness (QED) is 0.698. The minimum atomic E-state index is -3.31. The van der Waals surface area contributed by atoms with Crippen molar-refractivity contribution in [1.29, 1.82) is 0 Å². The molecular formula is C15H24ClN3O4S. The second-order valence-electron chi connectivity index (χ2n) is 5.51. The molecule has 3 N–H and O–H groups in total. The van der Waals surface area contributed by atoms with Crippen LogP contribution in [0.1, 0.15) is 18.9 Å². The molecule has 1 aromatic rings. The second kappa shape index (κ2) is 9.22. The lowest BCUT2D eigenvalue weighted by atomic mass is 10.1. The van der Waals surface area contributed by atoms with Crippen LogP contribution in [0.2, 0.25) is 0 Å². The SMILES string of the molecule is CCS(=O)(=O)Nc1ccc(NC(=O)CC2COCCN2)cc1C.Cl. The highest BCUT2D eigenvalue weighted by molar-refractivity contribution is 7.92. The van der Waals surface area contributed by atoms with E-state index >= 15 is 0 Å². The molecule has 1 amide bonds. The molecule has 136 valence electrons. The lowest BCUT2D eigenvalue weighted by Crippen LogP contribution is -2.43. The Morgan fingerprint density at radius 1 is 1.42 bits per heavy atom. The highest BCUT2D eigenvalue weighted by atomic mass is 35.5. The minimum absolute atomic E-state index is 0. The molecule has 0 saturated carbocycles. The summed E-state index contributed by atoms with van der Waals surface area (Å²) in [6.07, 6.45) is 0.337. The molecule has 1 fully saturated rings. The summed E-state index contributed by atoms with van der Waals surface area (Å²) in [7, 11) is -3.31. The average molecular weight is 378 g/mol. The van der Waals surface area contributed by atoms with Gasteiger partial charge in [-0.25, -0.2) is 8.42 Å². The number of amides is 1. The maximum atomic E-state index is 12.0. The van der Waals surface area contributed by atoms with E-state index in [-0.39, 0.29) is 30.1 Å². The molecule has 1 aromatic carbocycles. The molecule has 0 bridgehead atoms. The van der Waals surface area contributed by atoms with Gasteiger partial charge in [-0.2, -0.15) is 0 Å². The summed E-state index contributed by atoms with van der Waals surface area (Å²) in [4.78, 5) is 12.0. The van der Waals surface area contributed by atoms with Gasteiger partial charge in [0.2, 0.25) is 15.9 Å². The molecule has 0 aliphatic carbocycles. The third kappa shape index (κ3) is 6.27. The molecule has 1 aliphatic rings. The number of hydrogen-bond acceptors (Lipinski definition) is 5. The van der Waals surface area contributed by atoms with E-state index in [1.165, 1.54) is 0 Å². The molecule has 2 rings (SSSR count). The van der Waals surface area contributed by atoms with Crippen molar-refractivity contribution in [3.8, 4) is 0 Å². The summed E-state index contributed by atoms with van der Waals surface area (Å²) < 4.78 is 31.0. The highest BCUT2D eigenvalue weighted by Gasteiger charge is 2.17. The molecule has 0 aromatic heterocycles. The van der Waals surface area contributed by atoms with Gasteiger partial charge in [-0.15, -0.1) is 12.4 Å².